The molecular weight excluding hydrogens is 356 g/mol. The summed E-state index contributed by atoms with van der Waals surface area (Å²) in [4.78, 5) is 0.328. The first kappa shape index (κ1) is 16.9. The Balaban J connectivity index is 2.41. The van der Waals surface area contributed by atoms with Gasteiger partial charge in [0.25, 0.3) is 0 Å². The summed E-state index contributed by atoms with van der Waals surface area (Å²) in [7, 11) is -1.90. The van der Waals surface area contributed by atoms with Gasteiger partial charge in [-0.1, -0.05) is 15.9 Å². The maximum atomic E-state index is 12.9. The van der Waals surface area contributed by atoms with Crippen molar-refractivity contribution in [2.45, 2.75) is 37.3 Å². The normalized spacial score (nSPS) is 20.7. The van der Waals surface area contributed by atoms with Crippen LogP contribution in [-0.4, -0.2) is 39.0 Å². The number of piperidine rings is 1. The van der Waals surface area contributed by atoms with E-state index in [0.717, 1.165) is 22.9 Å². The second-order valence-corrected chi connectivity index (χ2v) is 8.03. The van der Waals surface area contributed by atoms with Gasteiger partial charge in [-0.25, -0.2) is 8.42 Å². The highest BCUT2D eigenvalue weighted by molar-refractivity contribution is 9.10. The van der Waals surface area contributed by atoms with Crippen LogP contribution in [-0.2, 0) is 21.3 Å². The molecule has 7 heteroatoms. The lowest BCUT2D eigenvalue weighted by atomic mass is 10.1. The Bertz CT molecular complexity index is 619. The average molecular weight is 377 g/mol. The van der Waals surface area contributed by atoms with Crippen LogP contribution in [0.25, 0.3) is 0 Å². The standard InChI is InChI=1S/C14H21BrN2O3S/c1-10-13(15)6-11(8-16)7-14(10)21(18,19)17-5-3-4-12(9-17)20-2/h6-7,12H,3-5,8-9,16H2,1-2H3. The summed E-state index contributed by atoms with van der Waals surface area (Å²) < 4.78 is 33.4. The van der Waals surface area contributed by atoms with Crippen molar-refractivity contribution in [3.8, 4) is 0 Å². The van der Waals surface area contributed by atoms with Crippen LogP contribution < -0.4 is 5.73 Å². The summed E-state index contributed by atoms with van der Waals surface area (Å²) in [5, 5.41) is 0. The van der Waals surface area contributed by atoms with E-state index < -0.39 is 10.0 Å². The van der Waals surface area contributed by atoms with E-state index in [1.165, 1.54) is 4.31 Å². The number of hydrogen-bond acceptors (Lipinski definition) is 4. The lowest BCUT2D eigenvalue weighted by Gasteiger charge is -2.31. The van der Waals surface area contributed by atoms with Gasteiger partial charge < -0.3 is 10.5 Å². The molecule has 1 heterocycles. The zero-order chi connectivity index (χ0) is 15.6. The number of nitrogens with zero attached hydrogens (tertiary/aromatic N) is 1. The highest BCUT2D eigenvalue weighted by Gasteiger charge is 2.31. The molecule has 0 aromatic heterocycles. The summed E-state index contributed by atoms with van der Waals surface area (Å²) in [6.45, 7) is 3.05. The molecule has 0 aliphatic carbocycles. The Labute approximate surface area is 134 Å². The van der Waals surface area contributed by atoms with Gasteiger partial charge in [-0.2, -0.15) is 4.31 Å². The maximum Gasteiger partial charge on any atom is 0.243 e. The molecule has 0 amide bonds. The van der Waals surface area contributed by atoms with Crippen molar-refractivity contribution in [2.75, 3.05) is 20.2 Å². The zero-order valence-corrected chi connectivity index (χ0v) is 14.7. The quantitative estimate of drug-likeness (QED) is 0.872. The Morgan fingerprint density at radius 1 is 1.48 bits per heavy atom. The SMILES string of the molecule is COC1CCCN(S(=O)(=O)c2cc(CN)cc(Br)c2C)C1. The number of ether oxygens (including phenoxy) is 1. The Morgan fingerprint density at radius 3 is 2.81 bits per heavy atom. The number of halogens is 1. The smallest absolute Gasteiger partial charge is 0.243 e. The monoisotopic (exact) mass is 376 g/mol. The molecule has 1 atom stereocenters. The number of sulfonamides is 1. The fourth-order valence-corrected chi connectivity index (χ4v) is 4.99. The Hall–Kier alpha value is -0.470. The van der Waals surface area contributed by atoms with E-state index >= 15 is 0 Å². The van der Waals surface area contributed by atoms with E-state index in [9.17, 15) is 8.42 Å². The molecule has 21 heavy (non-hydrogen) atoms. The molecule has 1 unspecified atom stereocenters. The molecular formula is C14H21BrN2O3S. The van der Waals surface area contributed by atoms with Crippen LogP contribution >= 0.6 is 15.9 Å². The lowest BCUT2D eigenvalue weighted by Crippen LogP contribution is -2.43. The summed E-state index contributed by atoms with van der Waals surface area (Å²) in [6.07, 6.45) is 1.68. The summed E-state index contributed by atoms with van der Waals surface area (Å²) >= 11 is 3.42. The number of methoxy groups -OCH3 is 1. The molecule has 118 valence electrons. The van der Waals surface area contributed by atoms with Gasteiger partial charge in [0, 0.05) is 31.2 Å². The van der Waals surface area contributed by atoms with E-state index in [4.69, 9.17) is 10.5 Å². The van der Waals surface area contributed by atoms with E-state index in [2.05, 4.69) is 15.9 Å². The van der Waals surface area contributed by atoms with Crippen LogP contribution in [0.5, 0.6) is 0 Å². The first-order valence-electron chi connectivity index (χ1n) is 6.92. The van der Waals surface area contributed by atoms with Crippen LogP contribution in [0, 0.1) is 6.92 Å². The van der Waals surface area contributed by atoms with E-state index in [1.54, 1.807) is 20.1 Å². The third kappa shape index (κ3) is 3.48. The van der Waals surface area contributed by atoms with Crippen molar-refractivity contribution in [3.63, 3.8) is 0 Å². The molecule has 1 aliphatic heterocycles. The van der Waals surface area contributed by atoms with Gasteiger partial charge in [-0.15, -0.1) is 0 Å². The molecule has 1 fully saturated rings. The summed E-state index contributed by atoms with van der Waals surface area (Å²) in [5.74, 6) is 0. The van der Waals surface area contributed by atoms with E-state index in [-0.39, 0.29) is 6.10 Å². The molecule has 1 saturated heterocycles. The van der Waals surface area contributed by atoms with Gasteiger partial charge in [0.1, 0.15) is 0 Å². The number of hydrogen-bond donors (Lipinski definition) is 1. The van der Waals surface area contributed by atoms with E-state index in [0.29, 0.717) is 30.1 Å². The minimum absolute atomic E-state index is 0.0324. The molecule has 0 spiro atoms. The molecule has 0 radical (unpaired) electrons. The molecule has 1 aromatic carbocycles. The van der Waals surface area contributed by atoms with Gasteiger partial charge in [0.2, 0.25) is 10.0 Å². The van der Waals surface area contributed by atoms with Crippen molar-refractivity contribution in [3.05, 3.63) is 27.7 Å². The minimum Gasteiger partial charge on any atom is -0.380 e. The first-order valence-corrected chi connectivity index (χ1v) is 9.15. The Kier molecular flexibility index (Phi) is 5.43. The highest BCUT2D eigenvalue weighted by Crippen LogP contribution is 2.29. The molecule has 1 aromatic rings. The Morgan fingerprint density at radius 2 is 2.19 bits per heavy atom. The number of rotatable bonds is 4. The predicted octanol–water partition coefficient (Wildman–Crippen LogP) is 2.02. The van der Waals surface area contributed by atoms with Crippen LogP contribution in [0.15, 0.2) is 21.5 Å². The predicted molar refractivity (Wildman–Crippen MR) is 85.6 cm³/mol. The highest BCUT2D eigenvalue weighted by atomic mass is 79.9. The molecule has 1 aliphatic rings. The third-order valence-corrected chi connectivity index (χ3v) is 6.70. The van der Waals surface area contributed by atoms with Crippen LogP contribution in [0.3, 0.4) is 0 Å². The van der Waals surface area contributed by atoms with Crippen LogP contribution in [0.4, 0.5) is 0 Å². The van der Waals surface area contributed by atoms with Gasteiger partial charge in [0.05, 0.1) is 11.0 Å². The minimum atomic E-state index is -3.52. The van der Waals surface area contributed by atoms with Crippen LogP contribution in [0.1, 0.15) is 24.0 Å². The van der Waals surface area contributed by atoms with Crippen molar-refractivity contribution in [1.29, 1.82) is 0 Å². The van der Waals surface area contributed by atoms with Gasteiger partial charge in [-0.05, 0) is 43.0 Å². The topological polar surface area (TPSA) is 72.6 Å². The second-order valence-electron chi connectivity index (χ2n) is 5.27. The van der Waals surface area contributed by atoms with Crippen molar-refractivity contribution in [2.24, 2.45) is 5.73 Å². The maximum absolute atomic E-state index is 12.9. The lowest BCUT2D eigenvalue weighted by molar-refractivity contribution is 0.0571. The molecule has 0 bridgehead atoms. The third-order valence-electron chi connectivity index (χ3n) is 3.88. The van der Waals surface area contributed by atoms with Crippen LogP contribution in [0.2, 0.25) is 0 Å². The van der Waals surface area contributed by atoms with E-state index in [1.807, 2.05) is 6.07 Å². The summed E-state index contributed by atoms with van der Waals surface area (Å²) in [6, 6.07) is 3.54. The largest absolute Gasteiger partial charge is 0.380 e. The molecule has 2 rings (SSSR count). The molecule has 5 nitrogen and oxygen atoms in total. The first-order chi connectivity index (χ1) is 9.90. The van der Waals surface area contributed by atoms with Gasteiger partial charge in [-0.3, -0.25) is 0 Å². The molecule has 2 N–H and O–H groups in total. The second kappa shape index (κ2) is 6.75. The van der Waals surface area contributed by atoms with Gasteiger partial charge in [0.15, 0.2) is 0 Å². The zero-order valence-electron chi connectivity index (χ0n) is 12.3. The summed E-state index contributed by atoms with van der Waals surface area (Å²) in [5.41, 5.74) is 7.17. The average Bonchev–Trinajstić information content (AvgIpc) is 2.49. The fourth-order valence-electron chi connectivity index (χ4n) is 2.55. The van der Waals surface area contributed by atoms with Gasteiger partial charge >= 0.3 is 0 Å². The van der Waals surface area contributed by atoms with Crippen molar-refractivity contribution < 1.29 is 13.2 Å². The molecule has 0 saturated carbocycles. The van der Waals surface area contributed by atoms with Crippen molar-refractivity contribution >= 4 is 26.0 Å². The number of nitrogens with two attached hydrogens (primary N) is 1. The fraction of sp³-hybridized carbons (Fsp3) is 0.571. The van der Waals surface area contributed by atoms with Crippen molar-refractivity contribution in [1.82, 2.24) is 4.31 Å². The number of benzene rings is 1.